The van der Waals surface area contributed by atoms with Crippen molar-refractivity contribution in [1.82, 2.24) is 0 Å². The second-order valence-electron chi connectivity index (χ2n) is 4.47. The topological polar surface area (TPSA) is 12.4 Å². The van der Waals surface area contributed by atoms with E-state index in [4.69, 9.17) is 0 Å². The van der Waals surface area contributed by atoms with Gasteiger partial charge in [0.25, 0.3) is 0 Å². The normalized spacial score (nSPS) is 10.2. The Balaban J connectivity index is 2.07. The molecule has 3 heteroatoms. The molecule has 1 heterocycles. The van der Waals surface area contributed by atoms with Gasteiger partial charge < -0.3 is 0 Å². The smallest absolute Gasteiger partial charge is 0.0739 e. The molecular weight excluding hydrogens is 270 g/mol. The van der Waals surface area contributed by atoms with Crippen LogP contribution in [-0.2, 0) is 6.42 Å². The monoisotopic (exact) mass is 287 g/mol. The number of benzene rings is 1. The van der Waals surface area contributed by atoms with E-state index in [2.05, 4.69) is 53.6 Å². The number of hydrogen-bond acceptors (Lipinski definition) is 3. The molecule has 0 aliphatic heterocycles. The van der Waals surface area contributed by atoms with Crippen LogP contribution in [0.25, 0.3) is 10.4 Å². The number of aliphatic imine (C=N–C) groups is 1. The van der Waals surface area contributed by atoms with Crippen molar-refractivity contribution in [3.63, 3.8) is 0 Å². The quantitative estimate of drug-likeness (QED) is 0.367. The Labute approximate surface area is 124 Å². The summed E-state index contributed by atoms with van der Waals surface area (Å²) >= 11 is 6.49. The molecule has 1 aromatic heterocycles. The van der Waals surface area contributed by atoms with Crippen molar-refractivity contribution >= 4 is 34.4 Å². The molecule has 0 atom stereocenters. The van der Waals surface area contributed by atoms with Gasteiger partial charge in [-0.15, -0.1) is 11.3 Å². The molecule has 0 bridgehead atoms. The van der Waals surface area contributed by atoms with Crippen LogP contribution in [0.5, 0.6) is 0 Å². The second kappa shape index (κ2) is 7.34. The average molecular weight is 287 g/mol. The molecule has 1 nitrogen and oxygen atoms in total. The van der Waals surface area contributed by atoms with Crippen LogP contribution >= 0.6 is 23.6 Å². The molecule has 0 unspecified atom stereocenters. The number of aryl methyl sites for hydroxylation is 1. The predicted molar refractivity (Wildman–Crippen MR) is 87.7 cm³/mol. The minimum atomic E-state index is 0.860. The first kappa shape index (κ1) is 14.1. The van der Waals surface area contributed by atoms with Crippen LogP contribution in [0.3, 0.4) is 0 Å². The molecule has 1 aromatic carbocycles. The zero-order valence-electron chi connectivity index (χ0n) is 11.1. The number of nitrogens with zero attached hydrogens (tertiary/aromatic N) is 1. The van der Waals surface area contributed by atoms with E-state index in [0.717, 1.165) is 5.69 Å². The summed E-state index contributed by atoms with van der Waals surface area (Å²) in [6.07, 6.45) is 5.09. The van der Waals surface area contributed by atoms with Crippen molar-refractivity contribution < 1.29 is 0 Å². The molecule has 0 saturated carbocycles. The minimum Gasteiger partial charge on any atom is -0.195 e. The molecule has 0 N–H and O–H groups in total. The highest BCUT2D eigenvalue weighted by molar-refractivity contribution is 7.78. The van der Waals surface area contributed by atoms with E-state index in [-0.39, 0.29) is 0 Å². The second-order valence-corrected chi connectivity index (χ2v) is 5.82. The van der Waals surface area contributed by atoms with Crippen LogP contribution in [0.4, 0.5) is 5.69 Å². The molecular formula is C16H17NS2. The van der Waals surface area contributed by atoms with Crippen molar-refractivity contribution in [2.75, 3.05) is 0 Å². The Bertz CT molecular complexity index is 563. The van der Waals surface area contributed by atoms with Gasteiger partial charge in [-0.2, -0.15) is 4.99 Å². The predicted octanol–water partition coefficient (Wildman–Crippen LogP) is 5.88. The molecule has 0 aliphatic rings. The largest absolute Gasteiger partial charge is 0.195 e. The van der Waals surface area contributed by atoms with Gasteiger partial charge in [0.2, 0.25) is 0 Å². The summed E-state index contributed by atoms with van der Waals surface area (Å²) in [5, 5.41) is 2.39. The maximum Gasteiger partial charge on any atom is 0.0739 e. The Morgan fingerprint density at radius 3 is 2.58 bits per heavy atom. The number of rotatable bonds is 6. The summed E-state index contributed by atoms with van der Waals surface area (Å²) in [6, 6.07) is 12.6. The first-order valence-corrected chi connectivity index (χ1v) is 7.83. The van der Waals surface area contributed by atoms with Gasteiger partial charge in [0, 0.05) is 9.75 Å². The first-order valence-electron chi connectivity index (χ1n) is 6.60. The van der Waals surface area contributed by atoms with Gasteiger partial charge >= 0.3 is 0 Å². The Morgan fingerprint density at radius 1 is 1.11 bits per heavy atom. The molecule has 2 rings (SSSR count). The van der Waals surface area contributed by atoms with Gasteiger partial charge in [-0.05, 0) is 54.9 Å². The van der Waals surface area contributed by atoms with E-state index in [1.54, 1.807) is 0 Å². The van der Waals surface area contributed by atoms with Crippen LogP contribution in [-0.4, -0.2) is 5.16 Å². The molecule has 0 amide bonds. The molecule has 0 radical (unpaired) electrons. The number of unbranched alkanes of at least 4 members (excludes halogenated alkanes) is 2. The average Bonchev–Trinajstić information content (AvgIpc) is 2.89. The molecule has 2 aromatic rings. The van der Waals surface area contributed by atoms with Gasteiger partial charge in [-0.3, -0.25) is 0 Å². The third-order valence-electron chi connectivity index (χ3n) is 3.01. The number of isothiocyanates is 1. The van der Waals surface area contributed by atoms with Crippen molar-refractivity contribution in [2.45, 2.75) is 32.6 Å². The highest BCUT2D eigenvalue weighted by Gasteiger charge is 2.03. The maximum absolute atomic E-state index is 4.60. The van der Waals surface area contributed by atoms with Crippen LogP contribution < -0.4 is 0 Å². The van der Waals surface area contributed by atoms with E-state index in [1.807, 2.05) is 23.5 Å². The molecule has 0 aliphatic carbocycles. The van der Waals surface area contributed by atoms with Crippen molar-refractivity contribution in [3.8, 4) is 10.4 Å². The maximum atomic E-state index is 4.60. The molecule has 0 fully saturated rings. The highest BCUT2D eigenvalue weighted by Crippen LogP contribution is 2.30. The third kappa shape index (κ3) is 4.10. The van der Waals surface area contributed by atoms with Crippen LogP contribution in [0.15, 0.2) is 41.4 Å². The number of thiophene rings is 1. The lowest BCUT2D eigenvalue weighted by molar-refractivity contribution is 0.722. The minimum absolute atomic E-state index is 0.860. The Morgan fingerprint density at radius 2 is 1.89 bits per heavy atom. The van der Waals surface area contributed by atoms with Gasteiger partial charge in [-0.1, -0.05) is 31.9 Å². The van der Waals surface area contributed by atoms with Crippen molar-refractivity contribution in [2.24, 2.45) is 4.99 Å². The van der Waals surface area contributed by atoms with Gasteiger partial charge in [-0.25, -0.2) is 0 Å². The van der Waals surface area contributed by atoms with Crippen molar-refractivity contribution in [3.05, 3.63) is 41.3 Å². The lowest BCUT2D eigenvalue weighted by Crippen LogP contribution is -1.78. The fraction of sp³-hybridized carbons (Fsp3) is 0.312. The van der Waals surface area contributed by atoms with E-state index in [1.165, 1.54) is 41.0 Å². The zero-order valence-corrected chi connectivity index (χ0v) is 12.7. The number of thiocarbonyl (C=S) groups is 1. The SMILES string of the molecule is CCCCCc1ccc(-c2ccc(N=C=S)cc2)s1. The van der Waals surface area contributed by atoms with Crippen LogP contribution in [0.1, 0.15) is 31.1 Å². The van der Waals surface area contributed by atoms with E-state index >= 15 is 0 Å². The Kier molecular flexibility index (Phi) is 5.46. The lowest BCUT2D eigenvalue weighted by Gasteiger charge is -1.98. The first-order chi connectivity index (χ1) is 9.33. The lowest BCUT2D eigenvalue weighted by atomic mass is 10.1. The standard InChI is InChI=1S/C16H17NS2/c1-2-3-4-5-15-10-11-16(19-15)13-6-8-14(9-7-13)17-12-18/h6-11H,2-5H2,1H3. The van der Waals surface area contributed by atoms with E-state index in [9.17, 15) is 0 Å². The number of hydrogen-bond donors (Lipinski definition) is 0. The fourth-order valence-corrected chi connectivity index (χ4v) is 3.13. The molecule has 98 valence electrons. The molecule has 0 saturated heterocycles. The highest BCUT2D eigenvalue weighted by atomic mass is 32.1. The third-order valence-corrected chi connectivity index (χ3v) is 4.30. The summed E-state index contributed by atoms with van der Waals surface area (Å²) in [5.74, 6) is 0. The summed E-state index contributed by atoms with van der Waals surface area (Å²) in [7, 11) is 0. The van der Waals surface area contributed by atoms with Gasteiger partial charge in [0.1, 0.15) is 0 Å². The van der Waals surface area contributed by atoms with Crippen LogP contribution in [0, 0.1) is 0 Å². The van der Waals surface area contributed by atoms with Crippen LogP contribution in [0.2, 0.25) is 0 Å². The summed E-state index contributed by atoms with van der Waals surface area (Å²) in [6.45, 7) is 2.24. The summed E-state index contributed by atoms with van der Waals surface area (Å²) in [4.78, 5) is 6.76. The summed E-state index contributed by atoms with van der Waals surface area (Å²) in [5.41, 5.74) is 2.11. The van der Waals surface area contributed by atoms with Gasteiger partial charge in [0.05, 0.1) is 10.8 Å². The molecule has 0 spiro atoms. The Hall–Kier alpha value is -1.28. The zero-order chi connectivity index (χ0) is 13.5. The summed E-state index contributed by atoms with van der Waals surface area (Å²) < 4.78 is 0. The molecule has 19 heavy (non-hydrogen) atoms. The van der Waals surface area contributed by atoms with E-state index < -0.39 is 0 Å². The van der Waals surface area contributed by atoms with Crippen molar-refractivity contribution in [1.29, 1.82) is 0 Å². The van der Waals surface area contributed by atoms with Gasteiger partial charge in [0.15, 0.2) is 0 Å². The van der Waals surface area contributed by atoms with E-state index in [0.29, 0.717) is 0 Å². The fourth-order valence-electron chi connectivity index (χ4n) is 1.97.